The lowest BCUT2D eigenvalue weighted by molar-refractivity contribution is -0.128. The van der Waals surface area contributed by atoms with Crippen molar-refractivity contribution in [3.05, 3.63) is 53.8 Å². The number of sulfonamides is 1. The van der Waals surface area contributed by atoms with Crippen LogP contribution in [0.25, 0.3) is 0 Å². The van der Waals surface area contributed by atoms with Gasteiger partial charge in [0.05, 0.1) is 19.3 Å². The van der Waals surface area contributed by atoms with E-state index in [9.17, 15) is 18.0 Å². The fourth-order valence-electron chi connectivity index (χ4n) is 3.76. The zero-order chi connectivity index (χ0) is 21.8. The minimum absolute atomic E-state index is 0.0621. The van der Waals surface area contributed by atoms with E-state index in [1.54, 1.807) is 4.90 Å². The number of nitrogens with zero attached hydrogens (tertiary/aromatic N) is 2. The fraction of sp³-hybridized carbons (Fsp3) is 0.429. The number of ether oxygens (including phenoxy) is 1. The van der Waals surface area contributed by atoms with Crippen molar-refractivity contribution in [3.63, 3.8) is 0 Å². The molecule has 10 heteroatoms. The topological polar surface area (TPSA) is 109 Å². The quantitative estimate of drug-likeness (QED) is 0.687. The van der Waals surface area contributed by atoms with Gasteiger partial charge in [0, 0.05) is 32.6 Å². The first-order chi connectivity index (χ1) is 14.9. The summed E-state index contributed by atoms with van der Waals surface area (Å²) in [6.45, 7) is 2.12. The molecule has 0 unspecified atom stereocenters. The van der Waals surface area contributed by atoms with Crippen LogP contribution in [0.15, 0.2) is 52.0 Å². The smallest absolute Gasteiger partial charge is 0.287 e. The molecule has 1 aromatic heterocycles. The van der Waals surface area contributed by atoms with E-state index >= 15 is 0 Å². The molecule has 4 rings (SSSR count). The molecule has 2 aliphatic rings. The van der Waals surface area contributed by atoms with Gasteiger partial charge in [-0.25, -0.2) is 8.42 Å². The van der Waals surface area contributed by atoms with E-state index in [0.717, 1.165) is 12.0 Å². The third-order valence-electron chi connectivity index (χ3n) is 5.45. The number of hydrogen-bond donors (Lipinski definition) is 1. The van der Waals surface area contributed by atoms with E-state index in [4.69, 9.17) is 9.15 Å². The van der Waals surface area contributed by atoms with E-state index in [-0.39, 0.29) is 29.8 Å². The lowest BCUT2D eigenvalue weighted by Crippen LogP contribution is -2.40. The van der Waals surface area contributed by atoms with Crippen LogP contribution in [-0.2, 0) is 19.6 Å². The molecule has 0 saturated carbocycles. The Balaban J connectivity index is 1.50. The monoisotopic (exact) mass is 447 g/mol. The van der Waals surface area contributed by atoms with Crippen LogP contribution in [0.3, 0.4) is 0 Å². The Bertz CT molecular complexity index is 1030. The largest absolute Gasteiger partial charge is 0.438 e. The molecule has 2 fully saturated rings. The Kier molecular flexibility index (Phi) is 6.40. The van der Waals surface area contributed by atoms with Crippen LogP contribution in [0, 0.1) is 0 Å². The average molecular weight is 448 g/mol. The van der Waals surface area contributed by atoms with Gasteiger partial charge in [0.2, 0.25) is 11.0 Å². The second-order valence-electron chi connectivity index (χ2n) is 7.52. The third kappa shape index (κ3) is 4.81. The highest BCUT2D eigenvalue weighted by Crippen LogP contribution is 2.22. The predicted octanol–water partition coefficient (Wildman–Crippen LogP) is 1.39. The summed E-state index contributed by atoms with van der Waals surface area (Å²) in [5.74, 6) is -0.573. The zero-order valence-corrected chi connectivity index (χ0v) is 17.8. The Morgan fingerprint density at radius 1 is 1.06 bits per heavy atom. The zero-order valence-electron chi connectivity index (χ0n) is 17.0. The number of amides is 2. The number of hydrogen-bond acceptors (Lipinski definition) is 6. The first-order valence-corrected chi connectivity index (χ1v) is 11.7. The summed E-state index contributed by atoms with van der Waals surface area (Å²) in [7, 11) is -3.83. The van der Waals surface area contributed by atoms with Crippen molar-refractivity contribution >= 4 is 21.8 Å². The second-order valence-corrected chi connectivity index (χ2v) is 9.38. The normalized spacial score (nSPS) is 18.8. The van der Waals surface area contributed by atoms with Gasteiger partial charge < -0.3 is 19.4 Å². The summed E-state index contributed by atoms with van der Waals surface area (Å²) in [6.07, 6.45) is 1.31. The summed E-state index contributed by atoms with van der Waals surface area (Å²) in [4.78, 5) is 26.7. The van der Waals surface area contributed by atoms with Gasteiger partial charge in [-0.2, -0.15) is 4.31 Å². The molecule has 2 aromatic rings. The molecule has 3 heterocycles. The van der Waals surface area contributed by atoms with Gasteiger partial charge in [-0.1, -0.05) is 30.3 Å². The van der Waals surface area contributed by atoms with Crippen LogP contribution in [0.1, 0.15) is 35.0 Å². The van der Waals surface area contributed by atoms with E-state index in [1.165, 1.54) is 16.4 Å². The first-order valence-electron chi connectivity index (χ1n) is 10.3. The lowest BCUT2D eigenvalue weighted by atomic mass is 10.1. The second kappa shape index (κ2) is 9.21. The summed E-state index contributed by atoms with van der Waals surface area (Å²) < 4.78 is 37.4. The van der Waals surface area contributed by atoms with Crippen LogP contribution in [0.4, 0.5) is 0 Å². The molecular formula is C21H25N3O6S. The van der Waals surface area contributed by atoms with Crippen molar-refractivity contribution in [2.24, 2.45) is 0 Å². The molecule has 1 atom stereocenters. The molecule has 2 saturated heterocycles. The highest BCUT2D eigenvalue weighted by Gasteiger charge is 2.31. The standard InChI is InChI=1S/C21H25N3O6S/c25-19-7-4-10-23(19)15-17(16-5-2-1-3-6-16)22-21(26)18-8-9-20(30-18)31(27,28)24-11-13-29-14-12-24/h1-3,5-6,8-9,17H,4,7,10-15H2,(H,22,26)/t17-/m0/s1. The molecule has 0 radical (unpaired) electrons. The molecule has 2 amide bonds. The van der Waals surface area contributed by atoms with Crippen molar-refractivity contribution in [2.45, 2.75) is 24.0 Å². The van der Waals surface area contributed by atoms with Gasteiger partial charge in [-0.3, -0.25) is 9.59 Å². The summed E-state index contributed by atoms with van der Waals surface area (Å²) in [6, 6.07) is 11.6. The summed E-state index contributed by atoms with van der Waals surface area (Å²) in [5, 5.41) is 2.61. The van der Waals surface area contributed by atoms with Gasteiger partial charge in [-0.15, -0.1) is 0 Å². The van der Waals surface area contributed by atoms with E-state index in [1.807, 2.05) is 30.3 Å². The minimum Gasteiger partial charge on any atom is -0.438 e. The number of furan rings is 1. The van der Waals surface area contributed by atoms with Gasteiger partial charge in [0.25, 0.3) is 15.9 Å². The van der Waals surface area contributed by atoms with Crippen molar-refractivity contribution in [1.82, 2.24) is 14.5 Å². The summed E-state index contributed by atoms with van der Waals surface area (Å²) >= 11 is 0. The van der Waals surface area contributed by atoms with Crippen molar-refractivity contribution < 1.29 is 27.2 Å². The van der Waals surface area contributed by atoms with Crippen molar-refractivity contribution in [1.29, 1.82) is 0 Å². The number of carbonyl (C=O) groups excluding carboxylic acids is 2. The van der Waals surface area contributed by atoms with E-state index < -0.39 is 22.0 Å². The van der Waals surface area contributed by atoms with Gasteiger partial charge in [0.15, 0.2) is 5.76 Å². The third-order valence-corrected chi connectivity index (χ3v) is 7.22. The Hall–Kier alpha value is -2.69. The fourth-order valence-corrected chi connectivity index (χ4v) is 5.08. The molecule has 9 nitrogen and oxygen atoms in total. The van der Waals surface area contributed by atoms with Gasteiger partial charge >= 0.3 is 0 Å². The molecule has 2 aliphatic heterocycles. The molecule has 31 heavy (non-hydrogen) atoms. The molecule has 0 bridgehead atoms. The van der Waals surface area contributed by atoms with Gasteiger partial charge in [0.1, 0.15) is 0 Å². The number of benzene rings is 1. The molecule has 166 valence electrons. The van der Waals surface area contributed by atoms with E-state index in [0.29, 0.717) is 32.7 Å². The van der Waals surface area contributed by atoms with Crippen LogP contribution in [0.5, 0.6) is 0 Å². The maximum Gasteiger partial charge on any atom is 0.287 e. The SMILES string of the molecule is O=C(N[C@@H](CN1CCCC1=O)c1ccccc1)c1ccc(S(=O)(=O)N2CCOCC2)o1. The molecule has 0 spiro atoms. The van der Waals surface area contributed by atoms with Crippen molar-refractivity contribution in [2.75, 3.05) is 39.4 Å². The number of morpholine rings is 1. The molecule has 1 aromatic carbocycles. The van der Waals surface area contributed by atoms with Crippen LogP contribution >= 0.6 is 0 Å². The predicted molar refractivity (Wildman–Crippen MR) is 111 cm³/mol. The number of likely N-dealkylation sites (tertiary alicyclic amines) is 1. The molecule has 1 N–H and O–H groups in total. The summed E-state index contributed by atoms with van der Waals surface area (Å²) in [5.41, 5.74) is 0.850. The van der Waals surface area contributed by atoms with Crippen LogP contribution in [-0.4, -0.2) is 68.8 Å². The molecular weight excluding hydrogens is 422 g/mol. The Labute approximate surface area is 181 Å². The van der Waals surface area contributed by atoms with Crippen LogP contribution < -0.4 is 5.32 Å². The average Bonchev–Trinajstić information content (AvgIpc) is 3.44. The van der Waals surface area contributed by atoms with Crippen molar-refractivity contribution in [3.8, 4) is 0 Å². The number of carbonyl (C=O) groups is 2. The first kappa shape index (κ1) is 21.5. The maximum absolute atomic E-state index is 12.9. The minimum atomic E-state index is -3.83. The highest BCUT2D eigenvalue weighted by atomic mass is 32.2. The Morgan fingerprint density at radius 2 is 1.81 bits per heavy atom. The van der Waals surface area contributed by atoms with Gasteiger partial charge in [-0.05, 0) is 24.1 Å². The number of rotatable bonds is 7. The maximum atomic E-state index is 12.9. The van der Waals surface area contributed by atoms with E-state index in [2.05, 4.69) is 5.32 Å². The molecule has 0 aliphatic carbocycles. The number of nitrogens with one attached hydrogen (secondary N) is 1. The highest BCUT2D eigenvalue weighted by molar-refractivity contribution is 7.89. The lowest BCUT2D eigenvalue weighted by Gasteiger charge is -2.25. The Morgan fingerprint density at radius 3 is 2.48 bits per heavy atom. The van der Waals surface area contributed by atoms with Crippen LogP contribution in [0.2, 0.25) is 0 Å².